The van der Waals surface area contributed by atoms with Crippen molar-refractivity contribution in [1.29, 1.82) is 0 Å². The topological polar surface area (TPSA) is 9.23 Å². The largest absolute Gasteiger partial charge is 0.381 e. The summed E-state index contributed by atoms with van der Waals surface area (Å²) in [5, 5.41) is 0. The van der Waals surface area contributed by atoms with E-state index in [1.165, 1.54) is 0 Å². The lowest BCUT2D eigenvalue weighted by molar-refractivity contribution is 0.142. The first kappa shape index (κ1) is 6.02. The van der Waals surface area contributed by atoms with Crippen molar-refractivity contribution in [2.24, 2.45) is 5.41 Å². The van der Waals surface area contributed by atoms with E-state index in [4.69, 9.17) is 4.74 Å². The molecule has 1 fully saturated rings. The molecule has 0 saturated carbocycles. The number of alkyl halides is 1. The molecule has 0 aliphatic carbocycles. The minimum Gasteiger partial charge on any atom is -0.381 e. The molecule has 8 heavy (non-hydrogen) atoms. The highest BCUT2D eigenvalue weighted by Gasteiger charge is 2.29. The van der Waals surface area contributed by atoms with Crippen LogP contribution in [0.15, 0.2) is 0 Å². The van der Waals surface area contributed by atoms with Gasteiger partial charge in [0.05, 0.1) is 13.3 Å². The predicted octanol–water partition coefficient (Wildman–Crippen LogP) is 1.38. The van der Waals surface area contributed by atoms with Crippen LogP contribution in [0.5, 0.6) is 0 Å². The van der Waals surface area contributed by atoms with E-state index in [2.05, 4.69) is 0 Å². The summed E-state index contributed by atoms with van der Waals surface area (Å²) in [6.45, 7) is 3.01. The summed E-state index contributed by atoms with van der Waals surface area (Å²) in [7, 11) is 0. The van der Waals surface area contributed by atoms with Crippen molar-refractivity contribution in [2.45, 2.75) is 13.3 Å². The van der Waals surface area contributed by atoms with Gasteiger partial charge in [-0.05, 0) is 6.42 Å². The van der Waals surface area contributed by atoms with Gasteiger partial charge < -0.3 is 4.74 Å². The fourth-order valence-corrected chi connectivity index (χ4v) is 0.815. The van der Waals surface area contributed by atoms with Crippen LogP contribution in [0.3, 0.4) is 0 Å². The van der Waals surface area contributed by atoms with Crippen molar-refractivity contribution in [1.82, 2.24) is 0 Å². The highest BCUT2D eigenvalue weighted by Crippen LogP contribution is 2.27. The zero-order valence-electron chi connectivity index (χ0n) is 5.11. The fraction of sp³-hybridized carbons (Fsp3) is 1.00. The Balaban J connectivity index is 2.40. The zero-order chi connectivity index (χ0) is 6.04. The van der Waals surface area contributed by atoms with Gasteiger partial charge in [0.25, 0.3) is 0 Å². The summed E-state index contributed by atoms with van der Waals surface area (Å²) < 4.78 is 17.0. The molecule has 0 aromatic heterocycles. The van der Waals surface area contributed by atoms with Crippen LogP contribution in [0.25, 0.3) is 0 Å². The van der Waals surface area contributed by atoms with Crippen molar-refractivity contribution in [3.63, 3.8) is 0 Å². The average molecular weight is 118 g/mol. The van der Waals surface area contributed by atoms with Crippen molar-refractivity contribution in [2.75, 3.05) is 19.9 Å². The molecule has 0 aromatic carbocycles. The number of ether oxygens (including phenoxy) is 1. The molecule has 1 aliphatic rings. The monoisotopic (exact) mass is 118 g/mol. The number of hydrogen-bond donors (Lipinski definition) is 0. The molecule has 0 bridgehead atoms. The summed E-state index contributed by atoms with van der Waals surface area (Å²) in [6, 6.07) is 0. The summed E-state index contributed by atoms with van der Waals surface area (Å²) in [6.07, 6.45) is 0.878. The molecule has 0 N–H and O–H groups in total. The van der Waals surface area contributed by atoms with Crippen LogP contribution in [-0.4, -0.2) is 19.9 Å². The Bertz CT molecular complexity index is 76.6. The summed E-state index contributed by atoms with van der Waals surface area (Å²) in [4.78, 5) is 0. The predicted molar refractivity (Wildman–Crippen MR) is 29.5 cm³/mol. The van der Waals surface area contributed by atoms with Gasteiger partial charge in [0.15, 0.2) is 0 Å². The van der Waals surface area contributed by atoms with E-state index in [0.717, 1.165) is 13.0 Å². The van der Waals surface area contributed by atoms with E-state index in [9.17, 15) is 4.39 Å². The first-order valence-electron chi connectivity index (χ1n) is 2.91. The van der Waals surface area contributed by atoms with E-state index < -0.39 is 0 Å². The molecule has 1 rings (SSSR count). The third kappa shape index (κ3) is 0.996. The Hall–Kier alpha value is -0.110. The minimum absolute atomic E-state index is 0.153. The van der Waals surface area contributed by atoms with E-state index in [0.29, 0.717) is 6.61 Å². The van der Waals surface area contributed by atoms with Crippen molar-refractivity contribution < 1.29 is 9.13 Å². The molecule has 0 aromatic rings. The molecule has 48 valence electrons. The van der Waals surface area contributed by atoms with Crippen LogP contribution in [-0.2, 0) is 4.74 Å². The minimum atomic E-state index is -0.243. The van der Waals surface area contributed by atoms with Gasteiger partial charge in [-0.1, -0.05) is 6.92 Å². The van der Waals surface area contributed by atoms with Gasteiger partial charge in [-0.3, -0.25) is 4.39 Å². The van der Waals surface area contributed by atoms with Crippen LogP contribution >= 0.6 is 0 Å². The second kappa shape index (κ2) is 2.02. The second-order valence-corrected chi connectivity index (χ2v) is 2.75. The van der Waals surface area contributed by atoms with E-state index in [1.54, 1.807) is 0 Å². The molecule has 1 unspecified atom stereocenters. The Kier molecular flexibility index (Phi) is 1.52. The second-order valence-electron chi connectivity index (χ2n) is 2.75. The van der Waals surface area contributed by atoms with E-state index >= 15 is 0 Å². The van der Waals surface area contributed by atoms with E-state index in [-0.39, 0.29) is 12.1 Å². The SMILES string of the molecule is CC1(CF)CCOC1. The highest BCUT2D eigenvalue weighted by atomic mass is 19.1. The maximum absolute atomic E-state index is 12.0. The molecule has 2 heteroatoms. The Labute approximate surface area is 48.8 Å². The lowest BCUT2D eigenvalue weighted by atomic mass is 9.92. The van der Waals surface area contributed by atoms with Gasteiger partial charge in [0.2, 0.25) is 0 Å². The molecule has 1 saturated heterocycles. The summed E-state index contributed by atoms with van der Waals surface area (Å²) in [5.74, 6) is 0. The van der Waals surface area contributed by atoms with Crippen molar-refractivity contribution >= 4 is 0 Å². The lowest BCUT2D eigenvalue weighted by Crippen LogP contribution is -2.17. The van der Waals surface area contributed by atoms with Gasteiger partial charge in [0.1, 0.15) is 0 Å². The van der Waals surface area contributed by atoms with Crippen molar-refractivity contribution in [3.8, 4) is 0 Å². The maximum atomic E-state index is 12.0. The third-order valence-electron chi connectivity index (χ3n) is 1.62. The standard InChI is InChI=1S/C6H11FO/c1-6(4-7)2-3-8-5-6/h2-5H2,1H3. The van der Waals surface area contributed by atoms with Gasteiger partial charge in [-0.15, -0.1) is 0 Å². The first-order chi connectivity index (χ1) is 3.77. The van der Waals surface area contributed by atoms with Gasteiger partial charge in [-0.25, -0.2) is 0 Å². The van der Waals surface area contributed by atoms with Crippen molar-refractivity contribution in [3.05, 3.63) is 0 Å². The quantitative estimate of drug-likeness (QED) is 0.505. The van der Waals surface area contributed by atoms with E-state index in [1.807, 2.05) is 6.92 Å². The molecule has 1 heterocycles. The normalized spacial score (nSPS) is 38.2. The molecule has 0 radical (unpaired) electrons. The smallest absolute Gasteiger partial charge is 0.0970 e. The molecule has 1 nitrogen and oxygen atoms in total. The highest BCUT2D eigenvalue weighted by molar-refractivity contribution is 4.76. The number of hydrogen-bond acceptors (Lipinski definition) is 1. The summed E-state index contributed by atoms with van der Waals surface area (Å²) in [5.41, 5.74) is -0.153. The molecule has 0 spiro atoms. The Morgan fingerprint density at radius 3 is 2.75 bits per heavy atom. The van der Waals surface area contributed by atoms with Gasteiger partial charge >= 0.3 is 0 Å². The third-order valence-corrected chi connectivity index (χ3v) is 1.62. The van der Waals surface area contributed by atoms with Crippen LogP contribution in [0, 0.1) is 5.41 Å². The Morgan fingerprint density at radius 2 is 2.50 bits per heavy atom. The van der Waals surface area contributed by atoms with Crippen LogP contribution in [0.1, 0.15) is 13.3 Å². The molecule has 1 aliphatic heterocycles. The number of halogens is 1. The zero-order valence-corrected chi connectivity index (χ0v) is 5.11. The maximum Gasteiger partial charge on any atom is 0.0970 e. The molecular formula is C6H11FO. The molecular weight excluding hydrogens is 107 g/mol. The van der Waals surface area contributed by atoms with Crippen LogP contribution in [0.4, 0.5) is 4.39 Å². The van der Waals surface area contributed by atoms with Crippen LogP contribution in [0.2, 0.25) is 0 Å². The average Bonchev–Trinajstić information content (AvgIpc) is 2.17. The van der Waals surface area contributed by atoms with Crippen LogP contribution < -0.4 is 0 Å². The van der Waals surface area contributed by atoms with Gasteiger partial charge in [0, 0.05) is 12.0 Å². The summed E-state index contributed by atoms with van der Waals surface area (Å²) >= 11 is 0. The fourth-order valence-electron chi connectivity index (χ4n) is 0.815. The molecule has 1 atom stereocenters. The van der Waals surface area contributed by atoms with Gasteiger partial charge in [-0.2, -0.15) is 0 Å². The molecule has 0 amide bonds. The number of rotatable bonds is 1. The lowest BCUT2D eigenvalue weighted by Gasteiger charge is -2.14. The Morgan fingerprint density at radius 1 is 1.75 bits per heavy atom. The first-order valence-corrected chi connectivity index (χ1v) is 2.91.